The van der Waals surface area contributed by atoms with Gasteiger partial charge in [-0.1, -0.05) is 17.7 Å². The van der Waals surface area contributed by atoms with Gasteiger partial charge in [0.2, 0.25) is 0 Å². The Bertz CT molecular complexity index is 768. The standard InChI is InChI=1S/C16H19BClNO4/c1-15(2)16(3,4)23-17(22-15)11-6-9-10(14(20)21-5)8-19-13(9)7-12(11)18/h6-8,19H,1-5H3. The number of nitrogens with one attached hydrogen (secondary N) is 1. The summed E-state index contributed by atoms with van der Waals surface area (Å²) in [6.45, 7) is 7.93. The fourth-order valence-electron chi connectivity index (χ4n) is 2.59. The van der Waals surface area contributed by atoms with Crippen LogP contribution in [0, 0.1) is 0 Å². The van der Waals surface area contributed by atoms with Gasteiger partial charge >= 0.3 is 13.1 Å². The Morgan fingerprint density at radius 2 is 1.83 bits per heavy atom. The van der Waals surface area contributed by atoms with Gasteiger partial charge in [-0.15, -0.1) is 0 Å². The van der Waals surface area contributed by atoms with E-state index in [1.807, 2.05) is 33.8 Å². The average Bonchev–Trinajstić information content (AvgIpc) is 2.95. The van der Waals surface area contributed by atoms with Crippen LogP contribution in [0.3, 0.4) is 0 Å². The predicted octanol–water partition coefficient (Wildman–Crippen LogP) is 2.91. The summed E-state index contributed by atoms with van der Waals surface area (Å²) in [4.78, 5) is 14.9. The molecule has 1 saturated heterocycles. The third-order valence-corrected chi connectivity index (χ3v) is 5.04. The summed E-state index contributed by atoms with van der Waals surface area (Å²) in [6.07, 6.45) is 1.61. The highest BCUT2D eigenvalue weighted by Gasteiger charge is 2.52. The zero-order valence-corrected chi connectivity index (χ0v) is 14.6. The lowest BCUT2D eigenvalue weighted by molar-refractivity contribution is 0.00578. The van der Waals surface area contributed by atoms with E-state index in [1.165, 1.54) is 7.11 Å². The monoisotopic (exact) mass is 335 g/mol. The normalized spacial score (nSPS) is 19.3. The number of carbonyl (C=O) groups excluding carboxylic acids is 1. The highest BCUT2D eigenvalue weighted by Crippen LogP contribution is 2.37. The van der Waals surface area contributed by atoms with Crippen LogP contribution >= 0.6 is 11.6 Å². The highest BCUT2D eigenvalue weighted by atomic mass is 35.5. The molecule has 1 aliphatic heterocycles. The molecule has 2 aromatic rings. The molecule has 23 heavy (non-hydrogen) atoms. The fourth-order valence-corrected chi connectivity index (χ4v) is 2.84. The van der Waals surface area contributed by atoms with Crippen LogP contribution in [-0.4, -0.2) is 36.4 Å². The SMILES string of the molecule is COC(=O)c1c[nH]c2cc(Cl)c(B3OC(C)(C)C(C)(C)O3)cc12. The molecule has 0 radical (unpaired) electrons. The van der Waals surface area contributed by atoms with Crippen molar-refractivity contribution >= 4 is 41.1 Å². The minimum atomic E-state index is -0.586. The van der Waals surface area contributed by atoms with Crippen molar-refractivity contribution in [2.45, 2.75) is 38.9 Å². The Hall–Kier alpha value is -1.50. The van der Waals surface area contributed by atoms with E-state index in [4.69, 9.17) is 25.6 Å². The molecule has 5 nitrogen and oxygen atoms in total. The first-order valence-electron chi connectivity index (χ1n) is 7.41. The van der Waals surface area contributed by atoms with Crippen LogP contribution in [-0.2, 0) is 14.0 Å². The van der Waals surface area contributed by atoms with Crippen molar-refractivity contribution < 1.29 is 18.8 Å². The Kier molecular flexibility index (Phi) is 3.74. The molecule has 0 amide bonds. The van der Waals surface area contributed by atoms with Crippen molar-refractivity contribution in [2.24, 2.45) is 0 Å². The molecule has 0 atom stereocenters. The van der Waals surface area contributed by atoms with Gasteiger partial charge in [0, 0.05) is 27.6 Å². The summed E-state index contributed by atoms with van der Waals surface area (Å²) in [7, 11) is 0.768. The van der Waals surface area contributed by atoms with Crippen molar-refractivity contribution in [1.82, 2.24) is 4.98 Å². The number of rotatable bonds is 2. The van der Waals surface area contributed by atoms with Gasteiger partial charge in [-0.25, -0.2) is 4.79 Å². The number of fused-ring (bicyclic) bond motifs is 1. The van der Waals surface area contributed by atoms with Crippen LogP contribution in [0.2, 0.25) is 5.02 Å². The summed E-state index contributed by atoms with van der Waals surface area (Å²) in [5, 5.41) is 1.25. The Morgan fingerprint density at radius 3 is 2.39 bits per heavy atom. The number of aromatic amines is 1. The maximum absolute atomic E-state index is 11.9. The molecule has 1 aromatic heterocycles. The third-order valence-electron chi connectivity index (χ3n) is 4.71. The van der Waals surface area contributed by atoms with E-state index in [0.717, 1.165) is 10.9 Å². The Balaban J connectivity index is 2.08. The average molecular weight is 336 g/mol. The van der Waals surface area contributed by atoms with E-state index >= 15 is 0 Å². The minimum Gasteiger partial charge on any atom is -0.465 e. The summed E-state index contributed by atoms with van der Waals surface area (Å²) in [5.41, 5.74) is 0.994. The Labute approximate surface area is 140 Å². The number of benzene rings is 1. The molecule has 122 valence electrons. The number of H-pyrrole nitrogens is 1. The third kappa shape index (κ3) is 2.55. The molecular formula is C16H19BClNO4. The number of methoxy groups -OCH3 is 1. The van der Waals surface area contributed by atoms with Gasteiger partial charge in [0.25, 0.3) is 0 Å². The van der Waals surface area contributed by atoms with Crippen molar-refractivity contribution in [3.05, 3.63) is 28.9 Å². The zero-order valence-electron chi connectivity index (χ0n) is 13.8. The van der Waals surface area contributed by atoms with E-state index in [0.29, 0.717) is 16.0 Å². The Morgan fingerprint density at radius 1 is 1.22 bits per heavy atom. The molecule has 3 rings (SSSR count). The van der Waals surface area contributed by atoms with Crippen molar-refractivity contribution in [2.75, 3.05) is 7.11 Å². The van der Waals surface area contributed by atoms with Crippen LogP contribution in [0.4, 0.5) is 0 Å². The quantitative estimate of drug-likeness (QED) is 0.677. The number of aromatic nitrogens is 1. The molecule has 0 saturated carbocycles. The zero-order chi connectivity index (χ0) is 17.0. The van der Waals surface area contributed by atoms with Crippen LogP contribution in [0.5, 0.6) is 0 Å². The number of ether oxygens (including phenoxy) is 1. The molecule has 1 aliphatic rings. The smallest absolute Gasteiger partial charge is 0.465 e. The first-order valence-corrected chi connectivity index (χ1v) is 7.78. The van der Waals surface area contributed by atoms with Gasteiger partial charge in [0.05, 0.1) is 23.9 Å². The van der Waals surface area contributed by atoms with Gasteiger partial charge in [-0.2, -0.15) is 0 Å². The largest absolute Gasteiger partial charge is 0.496 e. The number of carbonyl (C=O) groups is 1. The molecule has 1 N–H and O–H groups in total. The van der Waals surface area contributed by atoms with E-state index < -0.39 is 24.3 Å². The van der Waals surface area contributed by atoms with E-state index in [1.54, 1.807) is 12.3 Å². The molecule has 0 spiro atoms. The lowest BCUT2D eigenvalue weighted by Gasteiger charge is -2.32. The van der Waals surface area contributed by atoms with E-state index in [9.17, 15) is 4.79 Å². The minimum absolute atomic E-state index is 0.404. The molecule has 0 bridgehead atoms. The van der Waals surface area contributed by atoms with Gasteiger partial charge in [-0.05, 0) is 33.8 Å². The highest BCUT2D eigenvalue weighted by molar-refractivity contribution is 6.66. The molecule has 1 aromatic carbocycles. The van der Waals surface area contributed by atoms with Crippen LogP contribution in [0.15, 0.2) is 18.3 Å². The number of halogens is 1. The maximum atomic E-state index is 11.9. The van der Waals surface area contributed by atoms with Crippen molar-refractivity contribution in [3.63, 3.8) is 0 Å². The summed E-state index contributed by atoms with van der Waals surface area (Å²) < 4.78 is 16.9. The van der Waals surface area contributed by atoms with E-state index in [-0.39, 0.29) is 0 Å². The lowest BCUT2D eigenvalue weighted by Crippen LogP contribution is -2.41. The molecule has 0 aliphatic carbocycles. The molecule has 7 heteroatoms. The number of esters is 1. The summed E-state index contributed by atoms with van der Waals surface area (Å²) >= 11 is 6.40. The second kappa shape index (κ2) is 5.26. The molecular weight excluding hydrogens is 316 g/mol. The van der Waals surface area contributed by atoms with E-state index in [2.05, 4.69) is 4.98 Å². The first-order chi connectivity index (χ1) is 10.7. The molecule has 2 heterocycles. The van der Waals surface area contributed by atoms with Crippen LogP contribution in [0.1, 0.15) is 38.1 Å². The van der Waals surface area contributed by atoms with Gasteiger partial charge in [0.1, 0.15) is 0 Å². The molecule has 0 unspecified atom stereocenters. The second-order valence-electron chi connectivity index (χ2n) is 6.70. The van der Waals surface area contributed by atoms with Gasteiger partial charge < -0.3 is 19.0 Å². The first kappa shape index (κ1) is 16.4. The van der Waals surface area contributed by atoms with Crippen molar-refractivity contribution in [3.8, 4) is 0 Å². The number of hydrogen-bond donors (Lipinski definition) is 1. The fraction of sp³-hybridized carbons (Fsp3) is 0.438. The van der Waals surface area contributed by atoms with Gasteiger partial charge in [0.15, 0.2) is 0 Å². The lowest BCUT2D eigenvalue weighted by atomic mass is 9.78. The molecule has 1 fully saturated rings. The van der Waals surface area contributed by atoms with Crippen LogP contribution in [0.25, 0.3) is 10.9 Å². The second-order valence-corrected chi connectivity index (χ2v) is 7.11. The summed E-state index contributed by atoms with van der Waals surface area (Å²) in [5.74, 6) is -0.404. The van der Waals surface area contributed by atoms with Crippen LogP contribution < -0.4 is 5.46 Å². The number of hydrogen-bond acceptors (Lipinski definition) is 4. The maximum Gasteiger partial charge on any atom is 0.496 e. The van der Waals surface area contributed by atoms with Gasteiger partial charge in [-0.3, -0.25) is 0 Å². The predicted molar refractivity (Wildman–Crippen MR) is 90.4 cm³/mol. The van der Waals surface area contributed by atoms with Crippen molar-refractivity contribution in [1.29, 1.82) is 0 Å². The summed E-state index contributed by atoms with van der Waals surface area (Å²) in [6, 6.07) is 3.59. The topological polar surface area (TPSA) is 60.6 Å².